The lowest BCUT2D eigenvalue weighted by Crippen LogP contribution is -2.52. The summed E-state index contributed by atoms with van der Waals surface area (Å²) in [6, 6.07) is 4.93. The Kier molecular flexibility index (Phi) is 4.53. The highest BCUT2D eigenvalue weighted by Crippen LogP contribution is 2.29. The summed E-state index contributed by atoms with van der Waals surface area (Å²) in [5.41, 5.74) is 1.35. The van der Waals surface area contributed by atoms with Gasteiger partial charge in [-0.1, -0.05) is 12.8 Å². The molecule has 1 aromatic rings. The molecule has 2 fully saturated rings. The summed E-state index contributed by atoms with van der Waals surface area (Å²) in [6.45, 7) is 5.97. The fourth-order valence-corrected chi connectivity index (χ4v) is 3.46. The number of pyridine rings is 1. The van der Waals surface area contributed by atoms with Crippen LogP contribution in [0.1, 0.15) is 38.2 Å². The van der Waals surface area contributed by atoms with E-state index in [1.165, 1.54) is 31.2 Å². The van der Waals surface area contributed by atoms with E-state index in [1.54, 1.807) is 0 Å². The van der Waals surface area contributed by atoms with Gasteiger partial charge in [0.2, 0.25) is 0 Å². The average molecular weight is 275 g/mol. The van der Waals surface area contributed by atoms with E-state index >= 15 is 0 Å². The van der Waals surface area contributed by atoms with Crippen LogP contribution in [0, 0.1) is 0 Å². The molecule has 20 heavy (non-hydrogen) atoms. The van der Waals surface area contributed by atoms with Crippen LogP contribution >= 0.6 is 0 Å². The largest absolute Gasteiger partial charge is 0.375 e. The lowest BCUT2D eigenvalue weighted by molar-refractivity contribution is -0.0911. The third-order valence-corrected chi connectivity index (χ3v) is 4.42. The highest BCUT2D eigenvalue weighted by Gasteiger charge is 2.33. The van der Waals surface area contributed by atoms with Crippen molar-refractivity contribution in [3.63, 3.8) is 0 Å². The summed E-state index contributed by atoms with van der Waals surface area (Å²) in [7, 11) is 0. The second-order valence-electron chi connectivity index (χ2n) is 5.81. The van der Waals surface area contributed by atoms with E-state index in [0.717, 1.165) is 32.1 Å². The van der Waals surface area contributed by atoms with Gasteiger partial charge < -0.3 is 10.1 Å². The number of ether oxygens (including phenoxy) is 1. The van der Waals surface area contributed by atoms with Crippen LogP contribution in [0.5, 0.6) is 0 Å². The molecule has 3 rings (SSSR count). The minimum atomic E-state index is 0.465. The minimum Gasteiger partial charge on any atom is -0.375 e. The summed E-state index contributed by atoms with van der Waals surface area (Å²) >= 11 is 0. The first-order valence-corrected chi connectivity index (χ1v) is 7.91. The lowest BCUT2D eigenvalue weighted by atomic mass is 9.90. The van der Waals surface area contributed by atoms with Crippen molar-refractivity contribution >= 4 is 5.82 Å². The molecule has 1 aliphatic heterocycles. The van der Waals surface area contributed by atoms with Crippen LogP contribution < -0.4 is 5.32 Å². The predicted octanol–water partition coefficient (Wildman–Crippen LogP) is 2.66. The third-order valence-electron chi connectivity index (χ3n) is 4.42. The summed E-state index contributed by atoms with van der Waals surface area (Å²) in [4.78, 5) is 6.96. The normalized spacial score (nSPS) is 27.1. The molecular weight excluding hydrogens is 250 g/mol. The van der Waals surface area contributed by atoms with Gasteiger partial charge in [-0.3, -0.25) is 4.90 Å². The van der Waals surface area contributed by atoms with Crippen LogP contribution in [0.2, 0.25) is 0 Å². The van der Waals surface area contributed by atoms with Crippen molar-refractivity contribution in [3.05, 3.63) is 23.9 Å². The topological polar surface area (TPSA) is 37.4 Å². The first kappa shape index (κ1) is 13.8. The van der Waals surface area contributed by atoms with Gasteiger partial charge in [0.15, 0.2) is 0 Å². The Morgan fingerprint density at radius 3 is 3.20 bits per heavy atom. The van der Waals surface area contributed by atoms with Crippen molar-refractivity contribution in [2.75, 3.05) is 25.0 Å². The van der Waals surface area contributed by atoms with E-state index in [-0.39, 0.29) is 0 Å². The molecule has 0 amide bonds. The predicted molar refractivity (Wildman–Crippen MR) is 80.8 cm³/mol. The molecule has 1 aliphatic carbocycles. The number of nitrogens with one attached hydrogen (secondary N) is 1. The van der Waals surface area contributed by atoms with Gasteiger partial charge in [-0.25, -0.2) is 4.98 Å². The number of hydrogen-bond donors (Lipinski definition) is 1. The summed E-state index contributed by atoms with van der Waals surface area (Å²) < 4.78 is 5.95. The first-order valence-electron chi connectivity index (χ1n) is 7.91. The molecule has 1 N–H and O–H groups in total. The molecule has 1 aromatic heterocycles. The van der Waals surface area contributed by atoms with Crippen LogP contribution in [0.15, 0.2) is 18.3 Å². The first-order chi connectivity index (χ1) is 9.86. The van der Waals surface area contributed by atoms with E-state index in [0.29, 0.717) is 12.1 Å². The Morgan fingerprint density at radius 2 is 2.30 bits per heavy atom. The van der Waals surface area contributed by atoms with Crippen molar-refractivity contribution in [2.24, 2.45) is 0 Å². The maximum atomic E-state index is 5.95. The standard InChI is InChI=1S/C16H25N3O/c1-2-17-16-11-13(7-8-18-16)12-19-9-10-20-15-6-4-3-5-14(15)19/h7-8,11,14-15H,2-6,9-10,12H2,1H3,(H,17,18). The molecule has 0 aromatic carbocycles. The number of morpholine rings is 1. The smallest absolute Gasteiger partial charge is 0.126 e. The van der Waals surface area contributed by atoms with Gasteiger partial charge in [-0.2, -0.15) is 0 Å². The number of anilines is 1. The van der Waals surface area contributed by atoms with Crippen LogP contribution in [0.4, 0.5) is 5.82 Å². The van der Waals surface area contributed by atoms with Gasteiger partial charge in [0.1, 0.15) is 5.82 Å². The van der Waals surface area contributed by atoms with Gasteiger partial charge in [0.05, 0.1) is 12.7 Å². The van der Waals surface area contributed by atoms with Crippen molar-refractivity contribution in [2.45, 2.75) is 51.3 Å². The molecule has 4 nitrogen and oxygen atoms in total. The monoisotopic (exact) mass is 275 g/mol. The van der Waals surface area contributed by atoms with Gasteiger partial charge >= 0.3 is 0 Å². The maximum absolute atomic E-state index is 5.95. The van der Waals surface area contributed by atoms with E-state index in [1.807, 2.05) is 6.20 Å². The number of nitrogens with zero attached hydrogens (tertiary/aromatic N) is 2. The van der Waals surface area contributed by atoms with Crippen molar-refractivity contribution in [3.8, 4) is 0 Å². The lowest BCUT2D eigenvalue weighted by Gasteiger charge is -2.43. The molecule has 2 unspecified atom stereocenters. The van der Waals surface area contributed by atoms with Crippen LogP contribution in [0.3, 0.4) is 0 Å². The van der Waals surface area contributed by atoms with Crippen LogP contribution in [-0.2, 0) is 11.3 Å². The molecule has 4 heteroatoms. The Hall–Kier alpha value is -1.13. The number of hydrogen-bond acceptors (Lipinski definition) is 4. The molecule has 0 bridgehead atoms. The Morgan fingerprint density at radius 1 is 1.40 bits per heavy atom. The zero-order chi connectivity index (χ0) is 13.8. The second kappa shape index (κ2) is 6.55. The summed E-state index contributed by atoms with van der Waals surface area (Å²) in [6.07, 6.45) is 7.57. The fraction of sp³-hybridized carbons (Fsp3) is 0.688. The highest BCUT2D eigenvalue weighted by atomic mass is 16.5. The Labute approximate surface area is 121 Å². The van der Waals surface area contributed by atoms with Crippen LogP contribution in [0.25, 0.3) is 0 Å². The van der Waals surface area contributed by atoms with Crippen LogP contribution in [-0.4, -0.2) is 41.7 Å². The quantitative estimate of drug-likeness (QED) is 0.916. The Bertz CT molecular complexity index is 435. The molecule has 1 saturated heterocycles. The summed E-state index contributed by atoms with van der Waals surface area (Å²) in [5, 5.41) is 3.29. The molecule has 110 valence electrons. The second-order valence-corrected chi connectivity index (χ2v) is 5.81. The van der Waals surface area contributed by atoms with E-state index in [9.17, 15) is 0 Å². The zero-order valence-corrected chi connectivity index (χ0v) is 12.3. The number of aromatic nitrogens is 1. The molecule has 0 radical (unpaired) electrons. The summed E-state index contributed by atoms with van der Waals surface area (Å²) in [5.74, 6) is 0.985. The zero-order valence-electron chi connectivity index (χ0n) is 12.3. The van der Waals surface area contributed by atoms with Gasteiger partial charge in [0.25, 0.3) is 0 Å². The van der Waals surface area contributed by atoms with Gasteiger partial charge in [-0.05, 0) is 37.5 Å². The minimum absolute atomic E-state index is 0.465. The highest BCUT2D eigenvalue weighted by molar-refractivity contribution is 5.37. The number of fused-ring (bicyclic) bond motifs is 1. The van der Waals surface area contributed by atoms with E-state index < -0.39 is 0 Å². The molecule has 2 aliphatic rings. The molecule has 0 spiro atoms. The van der Waals surface area contributed by atoms with E-state index in [2.05, 4.69) is 34.3 Å². The molecule has 2 heterocycles. The molecule has 1 saturated carbocycles. The average Bonchev–Trinajstić information content (AvgIpc) is 2.48. The molecular formula is C16H25N3O. The van der Waals surface area contributed by atoms with Crippen molar-refractivity contribution in [1.82, 2.24) is 9.88 Å². The van der Waals surface area contributed by atoms with E-state index in [4.69, 9.17) is 4.74 Å². The molecule has 2 atom stereocenters. The van der Waals surface area contributed by atoms with Gasteiger partial charge in [-0.15, -0.1) is 0 Å². The third kappa shape index (κ3) is 3.13. The van der Waals surface area contributed by atoms with Gasteiger partial charge in [0, 0.05) is 31.9 Å². The van der Waals surface area contributed by atoms with Crippen molar-refractivity contribution < 1.29 is 4.74 Å². The maximum Gasteiger partial charge on any atom is 0.126 e. The SMILES string of the molecule is CCNc1cc(CN2CCOC3CCCCC32)ccn1. The Balaban J connectivity index is 1.68. The van der Waals surface area contributed by atoms with Crippen molar-refractivity contribution in [1.29, 1.82) is 0 Å². The fourth-order valence-electron chi connectivity index (χ4n) is 3.46. The number of rotatable bonds is 4.